The van der Waals surface area contributed by atoms with Crippen LogP contribution in [-0.4, -0.2) is 59.5 Å². The number of unbranched alkanes of at least 4 members (excludes halogenated alkanes) is 1. The molecule has 1 aliphatic heterocycles. The van der Waals surface area contributed by atoms with Gasteiger partial charge in [-0.2, -0.15) is 0 Å². The van der Waals surface area contributed by atoms with E-state index in [1.807, 2.05) is 29.3 Å². The maximum Gasteiger partial charge on any atom is 0.269 e. The van der Waals surface area contributed by atoms with Crippen LogP contribution < -0.4 is 15.4 Å². The Balaban J connectivity index is 1.42. The molecule has 1 fully saturated rings. The van der Waals surface area contributed by atoms with Crippen molar-refractivity contribution >= 4 is 28.2 Å². The lowest BCUT2D eigenvalue weighted by Crippen LogP contribution is -2.52. The van der Waals surface area contributed by atoms with Gasteiger partial charge < -0.3 is 25.3 Å². The number of aromatic nitrogens is 1. The molecule has 0 aliphatic carbocycles. The first kappa shape index (κ1) is 24.5. The molecular weight excluding hydrogens is 446 g/mol. The summed E-state index contributed by atoms with van der Waals surface area (Å²) in [6.45, 7) is 5.18. The number of H-pyrrole nitrogens is 1. The Labute approximate surface area is 205 Å². The molecule has 1 saturated heterocycles. The molecule has 3 aromatic rings. The first-order chi connectivity index (χ1) is 17.0. The third-order valence-corrected chi connectivity index (χ3v) is 6.54. The van der Waals surface area contributed by atoms with Gasteiger partial charge in [0.15, 0.2) is 6.10 Å². The molecule has 2 aromatic carbocycles. The quantitative estimate of drug-likeness (QED) is 0.337. The van der Waals surface area contributed by atoms with Gasteiger partial charge >= 0.3 is 0 Å². The van der Waals surface area contributed by atoms with E-state index in [9.17, 15) is 14.9 Å². The van der Waals surface area contributed by atoms with Gasteiger partial charge in [0.1, 0.15) is 5.75 Å². The average molecular weight is 480 g/mol. The number of hydrogen-bond donors (Lipinski definition) is 2. The van der Waals surface area contributed by atoms with Crippen LogP contribution in [-0.2, 0) is 11.2 Å². The number of nitrogens with one attached hydrogen (secondary N) is 1. The van der Waals surface area contributed by atoms with Crippen molar-refractivity contribution in [1.82, 2.24) is 9.88 Å². The Hall–Kier alpha value is -3.59. The van der Waals surface area contributed by atoms with Crippen molar-refractivity contribution in [2.24, 2.45) is 5.73 Å². The number of non-ortho nitro benzene ring substituents is 1. The summed E-state index contributed by atoms with van der Waals surface area (Å²) in [5.41, 5.74) is 8.92. The van der Waals surface area contributed by atoms with Crippen LogP contribution in [0.5, 0.6) is 5.75 Å². The van der Waals surface area contributed by atoms with E-state index in [1.165, 1.54) is 12.1 Å². The molecule has 1 aliphatic rings. The largest absolute Gasteiger partial charge is 0.481 e. The van der Waals surface area contributed by atoms with Gasteiger partial charge in [-0.25, -0.2) is 0 Å². The standard InChI is InChI=1S/C26H33N5O4/c1-2-3-4-25(35-22-9-10-24-23(17-22)19(11-12-27)18-28-24)26(32)30-15-13-29(14-16-30)20-5-7-21(8-6-20)31(33)34/h5-10,17-18,25,28H,2-4,11-16,27H2,1H3. The molecule has 1 unspecified atom stereocenters. The fourth-order valence-corrected chi connectivity index (χ4v) is 4.55. The number of amides is 1. The van der Waals surface area contributed by atoms with Crippen LogP contribution in [0.2, 0.25) is 0 Å². The van der Waals surface area contributed by atoms with Crippen molar-refractivity contribution in [1.29, 1.82) is 0 Å². The number of nitro groups is 1. The Bertz CT molecular complexity index is 1150. The van der Waals surface area contributed by atoms with E-state index in [-0.39, 0.29) is 11.6 Å². The summed E-state index contributed by atoms with van der Waals surface area (Å²) in [7, 11) is 0. The van der Waals surface area contributed by atoms with Crippen molar-refractivity contribution in [2.75, 3.05) is 37.6 Å². The van der Waals surface area contributed by atoms with E-state index >= 15 is 0 Å². The minimum atomic E-state index is -0.532. The average Bonchev–Trinajstić information content (AvgIpc) is 3.28. The fraction of sp³-hybridized carbons (Fsp3) is 0.423. The topological polar surface area (TPSA) is 118 Å². The highest BCUT2D eigenvalue weighted by molar-refractivity contribution is 5.85. The zero-order chi connectivity index (χ0) is 24.8. The minimum absolute atomic E-state index is 0.0122. The van der Waals surface area contributed by atoms with E-state index in [4.69, 9.17) is 10.5 Å². The second-order valence-electron chi connectivity index (χ2n) is 8.89. The van der Waals surface area contributed by atoms with E-state index < -0.39 is 11.0 Å². The maximum atomic E-state index is 13.4. The smallest absolute Gasteiger partial charge is 0.269 e. The first-order valence-corrected chi connectivity index (χ1v) is 12.2. The highest BCUT2D eigenvalue weighted by Crippen LogP contribution is 2.26. The summed E-state index contributed by atoms with van der Waals surface area (Å²) in [6.07, 6.45) is 4.78. The number of nitrogens with zero attached hydrogens (tertiary/aromatic N) is 3. The normalized spacial score (nSPS) is 14.8. The molecule has 0 bridgehead atoms. The number of rotatable bonds is 10. The molecule has 0 saturated carbocycles. The van der Waals surface area contributed by atoms with Crippen LogP contribution in [0, 0.1) is 10.1 Å². The van der Waals surface area contributed by atoms with Crippen LogP contribution in [0.15, 0.2) is 48.7 Å². The Morgan fingerprint density at radius 2 is 1.91 bits per heavy atom. The van der Waals surface area contributed by atoms with Crippen LogP contribution in [0.4, 0.5) is 11.4 Å². The Kier molecular flexibility index (Phi) is 7.87. The zero-order valence-electron chi connectivity index (χ0n) is 20.1. The van der Waals surface area contributed by atoms with Gasteiger partial charge in [0.25, 0.3) is 11.6 Å². The van der Waals surface area contributed by atoms with Crippen LogP contribution in [0.3, 0.4) is 0 Å². The number of carbonyl (C=O) groups is 1. The highest BCUT2D eigenvalue weighted by atomic mass is 16.6. The SMILES string of the molecule is CCCCC(Oc1ccc2[nH]cc(CCN)c2c1)C(=O)N1CCN(c2ccc([N+](=O)[O-])cc2)CC1. The monoisotopic (exact) mass is 479 g/mol. The van der Waals surface area contributed by atoms with Crippen LogP contribution >= 0.6 is 0 Å². The van der Waals surface area contributed by atoms with Crippen LogP contribution in [0.25, 0.3) is 10.9 Å². The first-order valence-electron chi connectivity index (χ1n) is 12.2. The number of piperazine rings is 1. The number of hydrogen-bond acceptors (Lipinski definition) is 6. The summed E-state index contributed by atoms with van der Waals surface area (Å²) in [6, 6.07) is 12.4. The molecule has 1 amide bonds. The maximum absolute atomic E-state index is 13.4. The van der Waals surface area contributed by atoms with Gasteiger partial charge in [-0.15, -0.1) is 0 Å². The number of carbonyl (C=O) groups excluding carboxylic acids is 1. The van der Waals surface area contributed by atoms with Crippen LogP contribution in [0.1, 0.15) is 31.7 Å². The van der Waals surface area contributed by atoms with E-state index in [1.54, 1.807) is 12.1 Å². The Morgan fingerprint density at radius 3 is 2.57 bits per heavy atom. The van der Waals surface area contributed by atoms with Crippen molar-refractivity contribution in [3.63, 3.8) is 0 Å². The molecule has 3 N–H and O–H groups in total. The molecule has 35 heavy (non-hydrogen) atoms. The van der Waals surface area contributed by atoms with Crippen molar-refractivity contribution < 1.29 is 14.5 Å². The van der Waals surface area contributed by atoms with Gasteiger partial charge in [0.2, 0.25) is 0 Å². The Morgan fingerprint density at radius 1 is 1.17 bits per heavy atom. The number of aromatic amines is 1. The second kappa shape index (κ2) is 11.2. The molecule has 186 valence electrons. The van der Waals surface area contributed by atoms with Gasteiger partial charge in [-0.1, -0.05) is 13.3 Å². The highest BCUT2D eigenvalue weighted by Gasteiger charge is 2.29. The number of anilines is 1. The molecule has 9 nitrogen and oxygen atoms in total. The van der Waals surface area contributed by atoms with Crippen molar-refractivity contribution in [3.8, 4) is 5.75 Å². The lowest BCUT2D eigenvalue weighted by Gasteiger charge is -2.37. The summed E-state index contributed by atoms with van der Waals surface area (Å²) in [4.78, 5) is 31.2. The third-order valence-electron chi connectivity index (χ3n) is 6.54. The summed E-state index contributed by atoms with van der Waals surface area (Å²) >= 11 is 0. The number of benzene rings is 2. The third kappa shape index (κ3) is 5.74. The predicted octanol–water partition coefficient (Wildman–Crippen LogP) is 3.86. The minimum Gasteiger partial charge on any atom is -0.481 e. The molecule has 0 spiro atoms. The number of ether oxygens (including phenoxy) is 1. The molecule has 9 heteroatoms. The predicted molar refractivity (Wildman–Crippen MR) is 137 cm³/mol. The lowest BCUT2D eigenvalue weighted by molar-refractivity contribution is -0.384. The molecule has 2 heterocycles. The molecule has 1 atom stereocenters. The molecule has 1 aromatic heterocycles. The summed E-state index contributed by atoms with van der Waals surface area (Å²) in [5.74, 6) is 0.701. The summed E-state index contributed by atoms with van der Waals surface area (Å²) < 4.78 is 6.28. The van der Waals surface area contributed by atoms with Gasteiger partial charge in [0.05, 0.1) is 4.92 Å². The van der Waals surface area contributed by atoms with Gasteiger partial charge in [-0.3, -0.25) is 14.9 Å². The van der Waals surface area contributed by atoms with E-state index in [0.717, 1.165) is 41.4 Å². The van der Waals surface area contributed by atoms with E-state index in [0.29, 0.717) is 44.9 Å². The van der Waals surface area contributed by atoms with Crippen molar-refractivity contribution in [2.45, 2.75) is 38.7 Å². The number of nitrogens with two attached hydrogens (primary N) is 1. The van der Waals surface area contributed by atoms with Gasteiger partial charge in [-0.05, 0) is 61.7 Å². The zero-order valence-corrected chi connectivity index (χ0v) is 20.1. The molecule has 4 rings (SSSR count). The fourth-order valence-electron chi connectivity index (χ4n) is 4.55. The number of nitro benzene ring substituents is 1. The van der Waals surface area contributed by atoms with Crippen molar-refractivity contribution in [3.05, 3.63) is 64.3 Å². The van der Waals surface area contributed by atoms with E-state index in [2.05, 4.69) is 16.8 Å². The summed E-state index contributed by atoms with van der Waals surface area (Å²) in [5, 5.41) is 12.0. The second-order valence-corrected chi connectivity index (χ2v) is 8.89. The van der Waals surface area contributed by atoms with Gasteiger partial charge in [0, 0.05) is 61.1 Å². The molecular formula is C26H33N5O4. The molecule has 0 radical (unpaired) electrons. The number of fused-ring (bicyclic) bond motifs is 1. The lowest BCUT2D eigenvalue weighted by atomic mass is 10.1.